The second-order valence-corrected chi connectivity index (χ2v) is 29.6. The van der Waals surface area contributed by atoms with E-state index in [2.05, 4.69) is 227 Å². The van der Waals surface area contributed by atoms with Crippen molar-refractivity contribution in [3.63, 3.8) is 0 Å². The second kappa shape index (κ2) is 16.0. The average molecular weight is 1020 g/mol. The first kappa shape index (κ1) is 48.8. The van der Waals surface area contributed by atoms with E-state index in [0.717, 1.165) is 0 Å². The van der Waals surface area contributed by atoms with Crippen LogP contribution in [-0.4, -0.2) is 6.71 Å². The van der Waals surface area contributed by atoms with Crippen molar-refractivity contribution in [2.75, 3.05) is 9.80 Å². The van der Waals surface area contributed by atoms with Gasteiger partial charge in [-0.05, 0) is 211 Å². The van der Waals surface area contributed by atoms with Crippen LogP contribution in [0.15, 0.2) is 109 Å². The normalized spacial score (nSPS) is 20.8. The molecule has 14 rings (SSSR count). The van der Waals surface area contributed by atoms with Gasteiger partial charge in [0.25, 0.3) is 6.71 Å². The highest BCUT2D eigenvalue weighted by Crippen LogP contribution is 2.57. The van der Waals surface area contributed by atoms with Crippen LogP contribution in [0.4, 0.5) is 34.1 Å². The Morgan fingerprint density at radius 3 is 1.57 bits per heavy atom. The molecule has 2 aliphatic heterocycles. The Hall–Kier alpha value is -5.58. The van der Waals surface area contributed by atoms with Crippen molar-refractivity contribution in [2.24, 2.45) is 0 Å². The van der Waals surface area contributed by atoms with Crippen molar-refractivity contribution in [3.05, 3.63) is 170 Å². The van der Waals surface area contributed by atoms with E-state index < -0.39 is 0 Å². The molecule has 0 radical (unpaired) electrons. The number of aryl methyl sites for hydroxylation is 2. The third-order valence-corrected chi connectivity index (χ3v) is 22.5. The molecule has 2 nitrogen and oxygen atoms in total. The maximum atomic E-state index is 2.83. The van der Waals surface area contributed by atoms with Gasteiger partial charge in [-0.15, -0.1) is 11.3 Å². The number of rotatable bonds is 3. The molecular formula is C72H79BN2S. The largest absolute Gasteiger partial charge is 0.311 e. The molecule has 386 valence electrons. The lowest BCUT2D eigenvalue weighted by atomic mass is 9.33. The topological polar surface area (TPSA) is 6.48 Å². The van der Waals surface area contributed by atoms with Crippen molar-refractivity contribution in [1.29, 1.82) is 0 Å². The summed E-state index contributed by atoms with van der Waals surface area (Å²) in [4.78, 5) is 5.57. The van der Waals surface area contributed by atoms with E-state index in [0.29, 0.717) is 5.92 Å². The lowest BCUT2D eigenvalue weighted by molar-refractivity contribution is 0.332. The van der Waals surface area contributed by atoms with Gasteiger partial charge < -0.3 is 9.80 Å². The van der Waals surface area contributed by atoms with E-state index in [-0.39, 0.29) is 39.2 Å². The van der Waals surface area contributed by atoms with Gasteiger partial charge in [-0.3, -0.25) is 0 Å². The zero-order valence-electron chi connectivity index (χ0n) is 48.2. The van der Waals surface area contributed by atoms with E-state index in [9.17, 15) is 0 Å². The molecule has 7 aromatic carbocycles. The Balaban J connectivity index is 1.15. The summed E-state index contributed by atoms with van der Waals surface area (Å²) >= 11 is 2.07. The summed E-state index contributed by atoms with van der Waals surface area (Å²) in [5.41, 5.74) is 28.5. The molecule has 0 bridgehead atoms. The predicted molar refractivity (Wildman–Crippen MR) is 330 cm³/mol. The van der Waals surface area contributed by atoms with Gasteiger partial charge in [0.15, 0.2) is 0 Å². The molecule has 0 unspecified atom stereocenters. The second-order valence-electron chi connectivity index (χ2n) is 28.5. The third-order valence-electron chi connectivity index (χ3n) is 21.3. The molecule has 1 saturated carbocycles. The first-order valence-electron chi connectivity index (χ1n) is 29.3. The highest BCUT2D eigenvalue weighted by atomic mass is 32.1. The summed E-state index contributed by atoms with van der Waals surface area (Å²) < 4.78 is 2.87. The summed E-state index contributed by atoms with van der Waals surface area (Å²) in [6.45, 7) is 34.7. The van der Waals surface area contributed by atoms with Crippen LogP contribution in [0.1, 0.15) is 208 Å². The van der Waals surface area contributed by atoms with E-state index in [1.54, 1.807) is 11.1 Å². The zero-order valence-corrected chi connectivity index (χ0v) is 49.0. The molecule has 76 heavy (non-hydrogen) atoms. The molecule has 6 aliphatic rings. The van der Waals surface area contributed by atoms with Gasteiger partial charge >= 0.3 is 0 Å². The van der Waals surface area contributed by atoms with Crippen LogP contribution in [0, 0.1) is 13.8 Å². The van der Waals surface area contributed by atoms with Crippen LogP contribution in [0.3, 0.4) is 0 Å². The molecule has 8 aromatic rings. The van der Waals surface area contributed by atoms with Crippen molar-refractivity contribution < 1.29 is 0 Å². The Kier molecular flexibility index (Phi) is 10.3. The van der Waals surface area contributed by atoms with E-state index in [4.69, 9.17) is 0 Å². The fourth-order valence-electron chi connectivity index (χ4n) is 16.3. The first-order valence-corrected chi connectivity index (χ1v) is 30.1. The van der Waals surface area contributed by atoms with Gasteiger partial charge in [-0.25, -0.2) is 0 Å². The maximum absolute atomic E-state index is 2.83. The highest BCUT2D eigenvalue weighted by Gasteiger charge is 2.50. The quantitative estimate of drug-likeness (QED) is 0.163. The molecule has 0 saturated heterocycles. The fraction of sp³-hybridized carbons (Fsp3) is 0.417. The molecule has 0 amide bonds. The number of para-hydroxylation sites is 1. The third kappa shape index (κ3) is 6.70. The van der Waals surface area contributed by atoms with Crippen LogP contribution in [0.2, 0.25) is 0 Å². The van der Waals surface area contributed by atoms with Crippen LogP contribution in [0.5, 0.6) is 0 Å². The molecule has 0 spiro atoms. The fourth-order valence-corrected chi connectivity index (χ4v) is 17.6. The van der Waals surface area contributed by atoms with Crippen molar-refractivity contribution in [1.82, 2.24) is 0 Å². The summed E-state index contributed by atoms with van der Waals surface area (Å²) in [5.74, 6) is 0.519. The number of thiophene rings is 1. The van der Waals surface area contributed by atoms with Crippen molar-refractivity contribution in [3.8, 4) is 0 Å². The average Bonchev–Trinajstić information content (AvgIpc) is 3.79. The molecule has 4 heteroatoms. The van der Waals surface area contributed by atoms with Gasteiger partial charge in [0.2, 0.25) is 0 Å². The molecular weight excluding hydrogens is 936 g/mol. The molecule has 0 N–H and O–H groups in total. The summed E-state index contributed by atoms with van der Waals surface area (Å²) in [7, 11) is 0. The molecule has 0 atom stereocenters. The van der Waals surface area contributed by atoms with Crippen LogP contribution in [-0.2, 0) is 32.5 Å². The van der Waals surface area contributed by atoms with Gasteiger partial charge in [0.1, 0.15) is 0 Å². The number of nitrogens with zero attached hydrogens (tertiary/aromatic N) is 2. The Bertz CT molecular complexity index is 3810. The lowest BCUT2D eigenvalue weighted by Gasteiger charge is -2.49. The Morgan fingerprint density at radius 1 is 0.421 bits per heavy atom. The Morgan fingerprint density at radius 2 is 0.947 bits per heavy atom. The van der Waals surface area contributed by atoms with Crippen molar-refractivity contribution >= 4 is 88.7 Å². The van der Waals surface area contributed by atoms with Gasteiger partial charge in [0.05, 0.1) is 0 Å². The monoisotopic (exact) mass is 1010 g/mol. The van der Waals surface area contributed by atoms with Crippen LogP contribution in [0.25, 0.3) is 20.2 Å². The molecule has 1 fully saturated rings. The minimum Gasteiger partial charge on any atom is -0.311 e. The number of hydrogen-bond donors (Lipinski definition) is 0. The number of benzene rings is 7. The zero-order chi connectivity index (χ0) is 53.0. The minimum atomic E-state index is -0.209. The number of hydrogen-bond acceptors (Lipinski definition) is 3. The van der Waals surface area contributed by atoms with Gasteiger partial charge in [-0.1, -0.05) is 163 Å². The highest BCUT2D eigenvalue weighted by molar-refractivity contribution is 7.28. The van der Waals surface area contributed by atoms with Crippen LogP contribution >= 0.6 is 11.3 Å². The summed E-state index contributed by atoms with van der Waals surface area (Å²) in [6.07, 6.45) is 11.2. The van der Waals surface area contributed by atoms with E-state index in [1.807, 2.05) is 0 Å². The minimum absolute atomic E-state index is 0.000818. The van der Waals surface area contributed by atoms with Gasteiger partial charge in [-0.2, -0.15) is 0 Å². The number of anilines is 6. The van der Waals surface area contributed by atoms with Crippen molar-refractivity contribution in [2.45, 2.75) is 193 Å². The maximum Gasteiger partial charge on any atom is 0.254 e. The summed E-state index contributed by atoms with van der Waals surface area (Å²) in [6, 6.07) is 45.2. The molecule has 1 aromatic heterocycles. The molecule has 3 heterocycles. The SMILES string of the molecule is Cc1cc2c(cc1N1c3cc4c(cc3B3c5c1cc(C1CCCCC1)cc5N(c1ccccc1C)c1ccc5c(sc6cc7c(cc65)C(C)(C)CCC7(C)C)c13)C(C)(C)c1ccccc1C4(C)C)C(C)(C)CCC2(C)C. The Labute approximate surface area is 459 Å². The molecule has 4 aliphatic carbocycles. The first-order chi connectivity index (χ1) is 36.0. The number of fused-ring (bicyclic) bond motifs is 12. The van der Waals surface area contributed by atoms with Gasteiger partial charge in [0, 0.05) is 59.7 Å². The van der Waals surface area contributed by atoms with E-state index in [1.165, 1.54) is 179 Å². The van der Waals surface area contributed by atoms with E-state index >= 15 is 0 Å². The lowest BCUT2D eigenvalue weighted by Crippen LogP contribution is -2.62. The van der Waals surface area contributed by atoms with Crippen LogP contribution < -0.4 is 26.2 Å². The standard InChI is InChI=1S/C72H79BN2S/c1-42-22-18-21-27-57(42)74-58-29-28-46-47-37-51-53(70(9,10)33-31-68(51,5)6)41-63(47)76-66(46)65(58)73-56-38-54-55(72(13,14)49-26-20-19-25-48(49)71(54,11)12)40-60(56)75(62-36-45(35-61(74)64(62)73)44-23-16-15-17-24-44)59-39-52-50(34-43(59)2)67(3,4)30-32-69(52,7)8/h18-22,25-29,34-41,44H,15-17,23-24,30-33H2,1-14H3. The smallest absolute Gasteiger partial charge is 0.254 e. The predicted octanol–water partition coefficient (Wildman–Crippen LogP) is 18.5. The summed E-state index contributed by atoms with van der Waals surface area (Å²) in [5, 5.41) is 2.83.